The summed E-state index contributed by atoms with van der Waals surface area (Å²) in [5, 5.41) is 6.05. The van der Waals surface area contributed by atoms with E-state index in [0.717, 1.165) is 16.3 Å². The van der Waals surface area contributed by atoms with Crippen LogP contribution in [0.2, 0.25) is 0 Å². The predicted octanol–water partition coefficient (Wildman–Crippen LogP) is 4.13. The van der Waals surface area contributed by atoms with Gasteiger partial charge in [0.25, 0.3) is 0 Å². The SMILES string of the molecule is Cc1nc(C(C)NC(=O)N(Cc2ccccc2)C(C)C)cs1. The van der Waals surface area contributed by atoms with E-state index in [4.69, 9.17) is 0 Å². The van der Waals surface area contributed by atoms with Gasteiger partial charge in [0.1, 0.15) is 0 Å². The Bertz CT molecular complexity index is 609. The Balaban J connectivity index is 2.03. The van der Waals surface area contributed by atoms with Gasteiger partial charge in [-0.15, -0.1) is 11.3 Å². The Kier molecular flexibility index (Phi) is 5.55. The second-order valence-corrected chi connectivity index (χ2v) is 6.73. The van der Waals surface area contributed by atoms with Crippen molar-refractivity contribution in [1.82, 2.24) is 15.2 Å². The number of carbonyl (C=O) groups excluding carboxylic acids is 1. The zero-order chi connectivity index (χ0) is 16.1. The number of aromatic nitrogens is 1. The molecular weight excluding hydrogens is 294 g/mol. The monoisotopic (exact) mass is 317 g/mol. The van der Waals surface area contributed by atoms with Crippen molar-refractivity contribution >= 4 is 17.4 Å². The van der Waals surface area contributed by atoms with E-state index in [0.29, 0.717) is 6.54 Å². The van der Waals surface area contributed by atoms with Crippen molar-refractivity contribution in [3.8, 4) is 0 Å². The summed E-state index contributed by atoms with van der Waals surface area (Å²) in [6, 6.07) is 10.0. The van der Waals surface area contributed by atoms with Gasteiger partial charge in [0.2, 0.25) is 0 Å². The maximum atomic E-state index is 12.6. The van der Waals surface area contributed by atoms with Crippen molar-refractivity contribution in [3.63, 3.8) is 0 Å². The lowest BCUT2D eigenvalue weighted by Gasteiger charge is -2.28. The molecule has 1 unspecified atom stereocenters. The zero-order valence-electron chi connectivity index (χ0n) is 13.5. The van der Waals surface area contributed by atoms with Crippen molar-refractivity contribution in [1.29, 1.82) is 0 Å². The Morgan fingerprint density at radius 2 is 1.95 bits per heavy atom. The minimum absolute atomic E-state index is 0.0583. The molecule has 118 valence electrons. The fourth-order valence-corrected chi connectivity index (χ4v) is 2.90. The van der Waals surface area contributed by atoms with Gasteiger partial charge in [0.05, 0.1) is 16.7 Å². The van der Waals surface area contributed by atoms with Gasteiger partial charge in [-0.3, -0.25) is 0 Å². The minimum atomic E-state index is -0.0885. The molecule has 0 bridgehead atoms. The van der Waals surface area contributed by atoms with E-state index >= 15 is 0 Å². The molecule has 0 aliphatic heterocycles. The Hall–Kier alpha value is -1.88. The molecule has 0 fully saturated rings. The number of urea groups is 1. The highest BCUT2D eigenvalue weighted by molar-refractivity contribution is 7.09. The molecule has 1 atom stereocenters. The molecule has 2 amide bonds. The lowest BCUT2D eigenvalue weighted by Crippen LogP contribution is -2.44. The molecule has 2 aromatic rings. The number of rotatable bonds is 5. The summed E-state index contributed by atoms with van der Waals surface area (Å²) in [5.74, 6) is 0. The van der Waals surface area contributed by atoms with Gasteiger partial charge in [0, 0.05) is 18.0 Å². The molecule has 0 aliphatic rings. The molecule has 2 rings (SSSR count). The number of aryl methyl sites for hydroxylation is 1. The highest BCUT2D eigenvalue weighted by Gasteiger charge is 2.20. The lowest BCUT2D eigenvalue weighted by atomic mass is 10.2. The number of amides is 2. The van der Waals surface area contributed by atoms with Crippen molar-refractivity contribution < 1.29 is 4.79 Å². The molecule has 1 aromatic carbocycles. The fourth-order valence-electron chi connectivity index (χ4n) is 2.19. The van der Waals surface area contributed by atoms with Gasteiger partial charge >= 0.3 is 6.03 Å². The topological polar surface area (TPSA) is 45.2 Å². The number of nitrogens with one attached hydrogen (secondary N) is 1. The van der Waals surface area contributed by atoms with Gasteiger partial charge in [-0.25, -0.2) is 9.78 Å². The van der Waals surface area contributed by atoms with Gasteiger partial charge in [-0.05, 0) is 33.3 Å². The molecule has 1 heterocycles. The second kappa shape index (κ2) is 7.40. The molecule has 22 heavy (non-hydrogen) atoms. The fraction of sp³-hybridized carbons (Fsp3) is 0.412. The highest BCUT2D eigenvalue weighted by Crippen LogP contribution is 2.17. The summed E-state index contributed by atoms with van der Waals surface area (Å²) in [6.07, 6.45) is 0. The number of hydrogen-bond acceptors (Lipinski definition) is 3. The first kappa shape index (κ1) is 16.5. The van der Waals surface area contributed by atoms with Crippen LogP contribution in [0.4, 0.5) is 4.79 Å². The van der Waals surface area contributed by atoms with Crippen molar-refractivity contribution in [3.05, 3.63) is 52.0 Å². The quantitative estimate of drug-likeness (QED) is 0.901. The zero-order valence-corrected chi connectivity index (χ0v) is 14.4. The molecular formula is C17H23N3OS. The Morgan fingerprint density at radius 1 is 1.27 bits per heavy atom. The molecule has 0 radical (unpaired) electrons. The van der Waals surface area contributed by atoms with Crippen LogP contribution in [-0.2, 0) is 6.54 Å². The average molecular weight is 317 g/mol. The third kappa shape index (κ3) is 4.31. The molecule has 0 spiro atoms. The smallest absolute Gasteiger partial charge is 0.318 e. The largest absolute Gasteiger partial charge is 0.330 e. The molecule has 0 aliphatic carbocycles. The minimum Gasteiger partial charge on any atom is -0.330 e. The lowest BCUT2D eigenvalue weighted by molar-refractivity contribution is 0.176. The van der Waals surface area contributed by atoms with Crippen LogP contribution < -0.4 is 5.32 Å². The third-order valence-corrected chi connectivity index (χ3v) is 4.29. The molecule has 1 N–H and O–H groups in total. The van der Waals surface area contributed by atoms with Crippen molar-refractivity contribution in [2.75, 3.05) is 0 Å². The van der Waals surface area contributed by atoms with Crippen LogP contribution in [0.25, 0.3) is 0 Å². The van der Waals surface area contributed by atoms with E-state index in [1.807, 2.05) is 68.3 Å². The second-order valence-electron chi connectivity index (χ2n) is 5.67. The summed E-state index contributed by atoms with van der Waals surface area (Å²) >= 11 is 1.60. The van der Waals surface area contributed by atoms with E-state index in [1.165, 1.54) is 0 Å². The van der Waals surface area contributed by atoms with Gasteiger partial charge in [-0.1, -0.05) is 30.3 Å². The van der Waals surface area contributed by atoms with Crippen LogP contribution in [0.15, 0.2) is 35.7 Å². The maximum Gasteiger partial charge on any atom is 0.318 e. The van der Waals surface area contributed by atoms with E-state index in [2.05, 4.69) is 10.3 Å². The number of hydrogen-bond donors (Lipinski definition) is 1. The first-order valence-electron chi connectivity index (χ1n) is 7.50. The highest BCUT2D eigenvalue weighted by atomic mass is 32.1. The first-order valence-corrected chi connectivity index (χ1v) is 8.38. The third-order valence-electron chi connectivity index (χ3n) is 3.50. The molecule has 4 nitrogen and oxygen atoms in total. The number of carbonyl (C=O) groups is 1. The van der Waals surface area contributed by atoms with Crippen LogP contribution in [0, 0.1) is 6.92 Å². The van der Waals surface area contributed by atoms with Crippen molar-refractivity contribution in [2.45, 2.75) is 46.3 Å². The van der Waals surface area contributed by atoms with Gasteiger partial charge in [-0.2, -0.15) is 0 Å². The van der Waals surface area contributed by atoms with Crippen LogP contribution in [0.3, 0.4) is 0 Å². The number of nitrogens with zero attached hydrogens (tertiary/aromatic N) is 2. The summed E-state index contributed by atoms with van der Waals surface area (Å²) < 4.78 is 0. The molecule has 5 heteroatoms. The van der Waals surface area contributed by atoms with Crippen LogP contribution in [0.1, 0.15) is 43.1 Å². The first-order chi connectivity index (χ1) is 10.5. The van der Waals surface area contributed by atoms with Crippen LogP contribution in [0.5, 0.6) is 0 Å². The summed E-state index contributed by atoms with van der Waals surface area (Å²) in [6.45, 7) is 8.60. The van der Waals surface area contributed by atoms with E-state index in [-0.39, 0.29) is 18.1 Å². The van der Waals surface area contributed by atoms with E-state index in [1.54, 1.807) is 11.3 Å². The predicted molar refractivity (Wildman–Crippen MR) is 90.9 cm³/mol. The summed E-state index contributed by atoms with van der Waals surface area (Å²) in [7, 11) is 0. The summed E-state index contributed by atoms with van der Waals surface area (Å²) in [5.41, 5.74) is 2.04. The molecule has 0 saturated heterocycles. The van der Waals surface area contributed by atoms with E-state index in [9.17, 15) is 4.79 Å². The van der Waals surface area contributed by atoms with Crippen LogP contribution >= 0.6 is 11.3 Å². The molecule has 1 aromatic heterocycles. The van der Waals surface area contributed by atoms with E-state index < -0.39 is 0 Å². The Labute approximate surface area is 136 Å². The van der Waals surface area contributed by atoms with Crippen molar-refractivity contribution in [2.24, 2.45) is 0 Å². The van der Waals surface area contributed by atoms with Gasteiger partial charge in [0.15, 0.2) is 0 Å². The Morgan fingerprint density at radius 3 is 2.50 bits per heavy atom. The molecule has 0 saturated carbocycles. The maximum absolute atomic E-state index is 12.6. The van der Waals surface area contributed by atoms with Gasteiger partial charge < -0.3 is 10.2 Å². The standard InChI is InChI=1S/C17H23N3OS/c1-12(2)20(10-15-8-6-5-7-9-15)17(21)18-13(3)16-11-22-14(4)19-16/h5-9,11-13H,10H2,1-4H3,(H,18,21). The number of benzene rings is 1. The average Bonchev–Trinajstić information content (AvgIpc) is 2.92. The summed E-state index contributed by atoms with van der Waals surface area (Å²) in [4.78, 5) is 18.8. The normalized spacial score (nSPS) is 12.2. The number of thiazole rings is 1. The van der Waals surface area contributed by atoms with Crippen LogP contribution in [-0.4, -0.2) is 22.0 Å².